The van der Waals surface area contributed by atoms with E-state index in [1.807, 2.05) is 0 Å². The summed E-state index contributed by atoms with van der Waals surface area (Å²) in [5.41, 5.74) is 8.91. The van der Waals surface area contributed by atoms with E-state index in [4.69, 9.17) is 0 Å². The van der Waals surface area contributed by atoms with Gasteiger partial charge in [-0.05, 0) is 51.1 Å². The molecule has 0 saturated heterocycles. The fourth-order valence-electron chi connectivity index (χ4n) is 5.45. The Morgan fingerprint density at radius 3 is 2.04 bits per heavy atom. The molecule has 0 heteroatoms. The lowest BCUT2D eigenvalue weighted by Gasteiger charge is -2.19. The Balaban J connectivity index is 1.42. The highest BCUT2D eigenvalue weighted by Gasteiger charge is 2.30. The molecule has 0 saturated carbocycles. The SMILES string of the molecule is C1=CC2=c3ccccc3=C(CCC3c4ccccc4-c4ccccc43)C2C=C1. The summed E-state index contributed by atoms with van der Waals surface area (Å²) >= 11 is 0. The molecule has 0 amide bonds. The highest BCUT2D eigenvalue weighted by atomic mass is 14.3. The molecule has 0 aliphatic heterocycles. The third-order valence-electron chi connectivity index (χ3n) is 6.65. The number of benzene rings is 3. The van der Waals surface area contributed by atoms with E-state index in [0.29, 0.717) is 11.8 Å². The molecular weight excluding hydrogens is 336 g/mol. The molecule has 0 fully saturated rings. The van der Waals surface area contributed by atoms with E-state index in [-0.39, 0.29) is 0 Å². The van der Waals surface area contributed by atoms with Crippen molar-refractivity contribution in [1.82, 2.24) is 0 Å². The number of rotatable bonds is 3. The van der Waals surface area contributed by atoms with E-state index in [1.54, 1.807) is 5.57 Å². The van der Waals surface area contributed by atoms with Gasteiger partial charge < -0.3 is 0 Å². The Kier molecular flexibility index (Phi) is 3.52. The van der Waals surface area contributed by atoms with Gasteiger partial charge in [0.25, 0.3) is 0 Å². The Morgan fingerprint density at radius 1 is 0.643 bits per heavy atom. The van der Waals surface area contributed by atoms with Crippen LogP contribution in [0.1, 0.15) is 29.9 Å². The summed E-state index contributed by atoms with van der Waals surface area (Å²) in [4.78, 5) is 0. The van der Waals surface area contributed by atoms with E-state index in [2.05, 4.69) is 97.1 Å². The van der Waals surface area contributed by atoms with Gasteiger partial charge in [0.1, 0.15) is 0 Å². The molecule has 28 heavy (non-hydrogen) atoms. The van der Waals surface area contributed by atoms with Crippen molar-refractivity contribution in [2.45, 2.75) is 18.8 Å². The highest BCUT2D eigenvalue weighted by Crippen LogP contribution is 2.47. The van der Waals surface area contributed by atoms with Gasteiger partial charge in [0.15, 0.2) is 0 Å². The summed E-state index contributed by atoms with van der Waals surface area (Å²) in [7, 11) is 0. The smallest absolute Gasteiger partial charge is 0.0246 e. The molecule has 0 N–H and O–H groups in total. The van der Waals surface area contributed by atoms with E-state index in [1.165, 1.54) is 44.7 Å². The summed E-state index contributed by atoms with van der Waals surface area (Å²) in [6.45, 7) is 0. The van der Waals surface area contributed by atoms with E-state index >= 15 is 0 Å². The minimum atomic E-state index is 0.453. The van der Waals surface area contributed by atoms with Crippen LogP contribution in [-0.2, 0) is 0 Å². The average molecular weight is 358 g/mol. The maximum atomic E-state index is 2.38. The van der Waals surface area contributed by atoms with Crippen LogP contribution in [0.5, 0.6) is 0 Å². The molecule has 0 radical (unpaired) electrons. The molecular formula is C28H22. The number of hydrogen-bond donors (Lipinski definition) is 0. The van der Waals surface area contributed by atoms with Crippen LogP contribution in [-0.4, -0.2) is 0 Å². The summed E-state index contributed by atoms with van der Waals surface area (Å²) in [6, 6.07) is 26.9. The highest BCUT2D eigenvalue weighted by molar-refractivity contribution is 5.81. The van der Waals surface area contributed by atoms with Crippen LogP contribution in [0, 0.1) is 5.92 Å². The van der Waals surface area contributed by atoms with Crippen molar-refractivity contribution in [3.8, 4) is 11.1 Å². The Morgan fingerprint density at radius 2 is 1.29 bits per heavy atom. The van der Waals surface area contributed by atoms with Gasteiger partial charge in [-0.3, -0.25) is 0 Å². The summed E-state index contributed by atoms with van der Waals surface area (Å²) in [6.07, 6.45) is 11.4. The first-order chi connectivity index (χ1) is 13.9. The fraction of sp³-hybridized carbons (Fsp3) is 0.143. The van der Waals surface area contributed by atoms with Crippen molar-refractivity contribution in [2.75, 3.05) is 0 Å². The largest absolute Gasteiger partial charge is 0.0729 e. The predicted molar refractivity (Wildman–Crippen MR) is 117 cm³/mol. The molecule has 1 atom stereocenters. The number of hydrogen-bond acceptors (Lipinski definition) is 0. The van der Waals surface area contributed by atoms with Crippen LogP contribution in [0.15, 0.2) is 97.1 Å². The van der Waals surface area contributed by atoms with Crippen LogP contribution < -0.4 is 10.4 Å². The summed E-state index contributed by atoms with van der Waals surface area (Å²) in [5, 5.41) is 2.88. The van der Waals surface area contributed by atoms with E-state index < -0.39 is 0 Å². The van der Waals surface area contributed by atoms with Gasteiger partial charge >= 0.3 is 0 Å². The van der Waals surface area contributed by atoms with Crippen molar-refractivity contribution in [1.29, 1.82) is 0 Å². The Hall–Kier alpha value is -3.12. The van der Waals surface area contributed by atoms with Gasteiger partial charge in [-0.2, -0.15) is 0 Å². The molecule has 1 unspecified atom stereocenters. The first-order valence-electron chi connectivity index (χ1n) is 10.3. The average Bonchev–Trinajstić information content (AvgIpc) is 3.26. The van der Waals surface area contributed by atoms with E-state index in [9.17, 15) is 0 Å². The minimum absolute atomic E-state index is 0.453. The van der Waals surface area contributed by atoms with Gasteiger partial charge in [-0.25, -0.2) is 0 Å². The number of allylic oxidation sites excluding steroid dienone is 4. The van der Waals surface area contributed by atoms with Gasteiger partial charge in [-0.15, -0.1) is 0 Å². The molecule has 3 aromatic carbocycles. The van der Waals surface area contributed by atoms with Crippen LogP contribution in [0.3, 0.4) is 0 Å². The van der Waals surface area contributed by atoms with Crippen LogP contribution in [0.25, 0.3) is 22.3 Å². The normalized spacial score (nSPS) is 18.8. The van der Waals surface area contributed by atoms with Crippen LogP contribution >= 0.6 is 0 Å². The van der Waals surface area contributed by atoms with Crippen LogP contribution in [0.2, 0.25) is 0 Å². The van der Waals surface area contributed by atoms with Crippen molar-refractivity contribution >= 4 is 11.1 Å². The number of fused-ring (bicyclic) bond motifs is 5. The molecule has 3 aliphatic carbocycles. The maximum Gasteiger partial charge on any atom is 0.0246 e. The van der Waals surface area contributed by atoms with Crippen molar-refractivity contribution in [2.24, 2.45) is 5.92 Å². The zero-order valence-corrected chi connectivity index (χ0v) is 15.8. The second-order valence-corrected chi connectivity index (χ2v) is 8.01. The van der Waals surface area contributed by atoms with Gasteiger partial charge in [0, 0.05) is 11.8 Å². The summed E-state index contributed by atoms with van der Waals surface area (Å²) in [5.74, 6) is 0.952. The third-order valence-corrected chi connectivity index (χ3v) is 6.65. The molecule has 3 aliphatic rings. The monoisotopic (exact) mass is 358 g/mol. The van der Waals surface area contributed by atoms with Gasteiger partial charge in [-0.1, -0.05) is 103 Å². The zero-order chi connectivity index (χ0) is 18.5. The lowest BCUT2D eigenvalue weighted by Crippen LogP contribution is -2.23. The molecule has 0 spiro atoms. The Labute approximate surface area is 165 Å². The quantitative estimate of drug-likeness (QED) is 0.593. The second-order valence-electron chi connectivity index (χ2n) is 8.01. The third kappa shape index (κ3) is 2.24. The molecule has 0 aromatic heterocycles. The standard InChI is InChI=1S/C28H22/c1-5-13-23-19(9-1)20-10-2-6-14-24(20)27(23)17-18-28-25-15-7-3-11-21(25)22-12-4-8-16-26(22)28/h1-16,23,28H,17-18H2. The molecule has 6 rings (SSSR count). The van der Waals surface area contributed by atoms with Crippen molar-refractivity contribution in [3.05, 3.63) is 119 Å². The molecule has 0 nitrogen and oxygen atoms in total. The first kappa shape index (κ1) is 15.9. The lowest BCUT2D eigenvalue weighted by atomic mass is 9.84. The van der Waals surface area contributed by atoms with Crippen molar-refractivity contribution < 1.29 is 0 Å². The van der Waals surface area contributed by atoms with E-state index in [0.717, 1.165) is 6.42 Å². The van der Waals surface area contributed by atoms with Gasteiger partial charge in [0.2, 0.25) is 0 Å². The molecule has 0 bridgehead atoms. The molecule has 3 aromatic rings. The Bertz CT molecular complexity index is 1220. The molecule has 0 heterocycles. The lowest BCUT2D eigenvalue weighted by molar-refractivity contribution is 0.736. The zero-order valence-electron chi connectivity index (χ0n) is 15.8. The second kappa shape index (κ2) is 6.21. The summed E-state index contributed by atoms with van der Waals surface area (Å²) < 4.78 is 0. The van der Waals surface area contributed by atoms with Crippen molar-refractivity contribution in [3.63, 3.8) is 0 Å². The van der Waals surface area contributed by atoms with Gasteiger partial charge in [0.05, 0.1) is 0 Å². The van der Waals surface area contributed by atoms with Crippen LogP contribution in [0.4, 0.5) is 0 Å². The fourth-order valence-corrected chi connectivity index (χ4v) is 5.45. The first-order valence-corrected chi connectivity index (χ1v) is 10.3. The topological polar surface area (TPSA) is 0 Å². The minimum Gasteiger partial charge on any atom is -0.0729 e. The maximum absolute atomic E-state index is 2.38. The molecule has 134 valence electrons. The predicted octanol–water partition coefficient (Wildman–Crippen LogP) is 5.34.